The predicted molar refractivity (Wildman–Crippen MR) is 102 cm³/mol. The average Bonchev–Trinajstić information content (AvgIpc) is 2.65. The summed E-state index contributed by atoms with van der Waals surface area (Å²) < 4.78 is 5.38. The lowest BCUT2D eigenvalue weighted by Crippen LogP contribution is -2.24. The Morgan fingerprint density at radius 2 is 2.00 bits per heavy atom. The number of nitrogens with one attached hydrogen (secondary N) is 1. The lowest BCUT2D eigenvalue weighted by atomic mass is 10.1. The average molecular weight is 373 g/mol. The van der Waals surface area contributed by atoms with Crippen LogP contribution in [0.15, 0.2) is 59.8 Å². The van der Waals surface area contributed by atoms with Crippen LogP contribution >= 0.6 is 23.4 Å². The maximum atomic E-state index is 12.1. The molecule has 0 aliphatic carbocycles. The second-order valence-electron chi connectivity index (χ2n) is 5.33. The number of aromatic nitrogens is 1. The molecule has 1 N–H and O–H groups in total. The van der Waals surface area contributed by atoms with Gasteiger partial charge in [-0.25, -0.2) is 4.98 Å². The quantitative estimate of drug-likeness (QED) is 0.655. The highest BCUT2D eigenvalue weighted by atomic mass is 35.5. The Bertz CT molecular complexity index is 901. The highest BCUT2D eigenvalue weighted by molar-refractivity contribution is 8.00. The molecule has 0 aliphatic rings. The fourth-order valence-electron chi connectivity index (χ4n) is 2.46. The summed E-state index contributed by atoms with van der Waals surface area (Å²) in [6, 6.07) is 15.2. The largest absolute Gasteiger partial charge is 0.496 e. The molecule has 0 bridgehead atoms. The van der Waals surface area contributed by atoms with E-state index in [1.165, 1.54) is 11.8 Å². The standard InChI is InChI=1S/C19H17ClN2O2S/c1-24-17-8-4-6-15-14(17)9-10-21-19(15)25-12-18(23)22-11-13-5-2-3-7-16(13)20/h2-10H,11-12H2,1H3,(H,22,23). The molecule has 3 rings (SSSR count). The van der Waals surface area contributed by atoms with Gasteiger partial charge < -0.3 is 10.1 Å². The third-order valence-corrected chi connectivity index (χ3v) is 5.10. The minimum Gasteiger partial charge on any atom is -0.496 e. The molecule has 0 radical (unpaired) electrons. The van der Waals surface area contributed by atoms with Crippen LogP contribution in [0.25, 0.3) is 10.8 Å². The molecule has 1 aromatic heterocycles. The zero-order chi connectivity index (χ0) is 17.6. The summed E-state index contributed by atoms with van der Waals surface area (Å²) in [5.74, 6) is 1.02. The Kier molecular flexibility index (Phi) is 5.79. The second-order valence-corrected chi connectivity index (χ2v) is 6.70. The summed E-state index contributed by atoms with van der Waals surface area (Å²) in [6.07, 6.45) is 1.73. The monoisotopic (exact) mass is 372 g/mol. The summed E-state index contributed by atoms with van der Waals surface area (Å²) in [5, 5.41) is 6.31. The zero-order valence-electron chi connectivity index (χ0n) is 13.7. The number of fused-ring (bicyclic) bond motifs is 1. The molecule has 0 fully saturated rings. The number of nitrogens with zero attached hydrogens (tertiary/aromatic N) is 1. The lowest BCUT2D eigenvalue weighted by Gasteiger charge is -2.09. The Morgan fingerprint density at radius 1 is 1.16 bits per heavy atom. The summed E-state index contributed by atoms with van der Waals surface area (Å²) >= 11 is 7.50. The van der Waals surface area contributed by atoms with Gasteiger partial charge in [-0.05, 0) is 23.8 Å². The van der Waals surface area contributed by atoms with E-state index in [0.29, 0.717) is 11.6 Å². The minimum absolute atomic E-state index is 0.0633. The number of carbonyl (C=O) groups is 1. The van der Waals surface area contributed by atoms with E-state index in [1.807, 2.05) is 48.5 Å². The molecule has 3 aromatic rings. The number of ether oxygens (including phenoxy) is 1. The molecule has 1 amide bonds. The van der Waals surface area contributed by atoms with Crippen LogP contribution in [0.3, 0.4) is 0 Å². The van der Waals surface area contributed by atoms with Gasteiger partial charge in [-0.2, -0.15) is 0 Å². The number of amides is 1. The van der Waals surface area contributed by atoms with E-state index in [0.717, 1.165) is 27.1 Å². The van der Waals surface area contributed by atoms with E-state index in [4.69, 9.17) is 16.3 Å². The number of rotatable bonds is 6. The van der Waals surface area contributed by atoms with E-state index in [9.17, 15) is 4.79 Å². The summed E-state index contributed by atoms with van der Waals surface area (Å²) in [7, 11) is 1.64. The zero-order valence-corrected chi connectivity index (χ0v) is 15.2. The van der Waals surface area contributed by atoms with Crippen LogP contribution in [0.5, 0.6) is 5.75 Å². The molecule has 1 heterocycles. The van der Waals surface area contributed by atoms with E-state index in [2.05, 4.69) is 10.3 Å². The van der Waals surface area contributed by atoms with Gasteiger partial charge in [-0.1, -0.05) is 53.7 Å². The first kappa shape index (κ1) is 17.6. The van der Waals surface area contributed by atoms with Crippen molar-refractivity contribution < 1.29 is 9.53 Å². The van der Waals surface area contributed by atoms with Crippen molar-refractivity contribution in [2.75, 3.05) is 12.9 Å². The number of benzene rings is 2. The molecule has 128 valence electrons. The van der Waals surface area contributed by atoms with Gasteiger partial charge >= 0.3 is 0 Å². The lowest BCUT2D eigenvalue weighted by molar-refractivity contribution is -0.118. The molecule has 0 saturated heterocycles. The van der Waals surface area contributed by atoms with Crippen molar-refractivity contribution in [1.29, 1.82) is 0 Å². The van der Waals surface area contributed by atoms with Gasteiger partial charge in [0.1, 0.15) is 10.8 Å². The second kappa shape index (κ2) is 8.23. The van der Waals surface area contributed by atoms with Crippen LogP contribution in [-0.4, -0.2) is 23.8 Å². The van der Waals surface area contributed by atoms with Crippen molar-refractivity contribution in [3.05, 3.63) is 65.3 Å². The van der Waals surface area contributed by atoms with Crippen LogP contribution in [-0.2, 0) is 11.3 Å². The Balaban J connectivity index is 1.64. The molecule has 25 heavy (non-hydrogen) atoms. The summed E-state index contributed by atoms with van der Waals surface area (Å²) in [4.78, 5) is 16.5. The Morgan fingerprint density at radius 3 is 2.80 bits per heavy atom. The molecule has 0 unspecified atom stereocenters. The first-order chi connectivity index (χ1) is 12.2. The molecule has 2 aromatic carbocycles. The van der Waals surface area contributed by atoms with Crippen molar-refractivity contribution in [3.63, 3.8) is 0 Å². The first-order valence-corrected chi connectivity index (χ1v) is 9.10. The van der Waals surface area contributed by atoms with Gasteiger partial charge in [-0.15, -0.1) is 0 Å². The number of pyridine rings is 1. The normalized spacial score (nSPS) is 10.6. The molecule has 4 nitrogen and oxygen atoms in total. The number of hydrogen-bond acceptors (Lipinski definition) is 4. The smallest absolute Gasteiger partial charge is 0.230 e. The van der Waals surface area contributed by atoms with Gasteiger partial charge in [0.15, 0.2) is 0 Å². The van der Waals surface area contributed by atoms with E-state index < -0.39 is 0 Å². The van der Waals surface area contributed by atoms with Crippen molar-refractivity contribution in [1.82, 2.24) is 10.3 Å². The van der Waals surface area contributed by atoms with E-state index in [-0.39, 0.29) is 11.7 Å². The third-order valence-electron chi connectivity index (χ3n) is 3.72. The van der Waals surface area contributed by atoms with Crippen LogP contribution in [0.2, 0.25) is 5.02 Å². The van der Waals surface area contributed by atoms with Gasteiger partial charge in [-0.3, -0.25) is 4.79 Å². The Hall–Kier alpha value is -2.24. The minimum atomic E-state index is -0.0633. The van der Waals surface area contributed by atoms with Crippen LogP contribution in [0, 0.1) is 0 Å². The topological polar surface area (TPSA) is 51.2 Å². The molecule has 0 aliphatic heterocycles. The summed E-state index contributed by atoms with van der Waals surface area (Å²) in [6.45, 7) is 0.413. The van der Waals surface area contributed by atoms with E-state index >= 15 is 0 Å². The number of halogens is 1. The number of methoxy groups -OCH3 is 1. The molecule has 0 saturated carbocycles. The van der Waals surface area contributed by atoms with Crippen molar-refractivity contribution in [2.24, 2.45) is 0 Å². The van der Waals surface area contributed by atoms with E-state index in [1.54, 1.807) is 13.3 Å². The maximum absolute atomic E-state index is 12.1. The summed E-state index contributed by atoms with van der Waals surface area (Å²) in [5.41, 5.74) is 0.899. The molecule has 0 atom stereocenters. The van der Waals surface area contributed by atoms with Gasteiger partial charge in [0.05, 0.1) is 12.9 Å². The van der Waals surface area contributed by atoms with Crippen molar-refractivity contribution in [3.8, 4) is 5.75 Å². The molecule has 6 heteroatoms. The third kappa shape index (κ3) is 4.24. The van der Waals surface area contributed by atoms with Crippen LogP contribution in [0.4, 0.5) is 0 Å². The van der Waals surface area contributed by atoms with Gasteiger partial charge in [0.2, 0.25) is 5.91 Å². The maximum Gasteiger partial charge on any atom is 0.230 e. The highest BCUT2D eigenvalue weighted by Gasteiger charge is 2.10. The van der Waals surface area contributed by atoms with Gasteiger partial charge in [0.25, 0.3) is 0 Å². The number of thioether (sulfide) groups is 1. The fraction of sp³-hybridized carbons (Fsp3) is 0.158. The number of hydrogen-bond donors (Lipinski definition) is 1. The SMILES string of the molecule is COc1cccc2c(SCC(=O)NCc3ccccc3Cl)nccc12. The fourth-order valence-corrected chi connectivity index (χ4v) is 3.51. The Labute approximate surface area is 155 Å². The number of carbonyl (C=O) groups excluding carboxylic acids is 1. The van der Waals surface area contributed by atoms with Crippen LogP contribution < -0.4 is 10.1 Å². The predicted octanol–water partition coefficient (Wildman–Crippen LogP) is 4.31. The first-order valence-electron chi connectivity index (χ1n) is 7.73. The molecular weight excluding hydrogens is 356 g/mol. The molecular formula is C19H17ClN2O2S. The highest BCUT2D eigenvalue weighted by Crippen LogP contribution is 2.31. The van der Waals surface area contributed by atoms with Crippen LogP contribution in [0.1, 0.15) is 5.56 Å². The van der Waals surface area contributed by atoms with Gasteiger partial charge in [0, 0.05) is 28.5 Å². The molecule has 0 spiro atoms. The van der Waals surface area contributed by atoms with Crippen molar-refractivity contribution >= 4 is 40.0 Å². The van der Waals surface area contributed by atoms with Crippen molar-refractivity contribution in [2.45, 2.75) is 11.6 Å².